The van der Waals surface area contributed by atoms with Gasteiger partial charge in [0.25, 0.3) is 11.5 Å². The van der Waals surface area contributed by atoms with Crippen molar-refractivity contribution >= 4 is 5.91 Å². The highest BCUT2D eigenvalue weighted by molar-refractivity contribution is 5.92. The lowest BCUT2D eigenvalue weighted by Crippen LogP contribution is -2.30. The Morgan fingerprint density at radius 3 is 2.69 bits per heavy atom. The van der Waals surface area contributed by atoms with Gasteiger partial charge in [0.15, 0.2) is 0 Å². The molecule has 0 radical (unpaired) electrons. The van der Waals surface area contributed by atoms with E-state index >= 15 is 0 Å². The molecule has 132 valence electrons. The van der Waals surface area contributed by atoms with Crippen LogP contribution in [0.3, 0.4) is 0 Å². The molecular weight excluding hydrogens is 335 g/mol. The summed E-state index contributed by atoms with van der Waals surface area (Å²) in [6.45, 7) is 2.30. The zero-order valence-corrected chi connectivity index (χ0v) is 14.1. The van der Waals surface area contributed by atoms with Crippen molar-refractivity contribution in [3.63, 3.8) is 0 Å². The first-order valence-corrected chi connectivity index (χ1v) is 8.09. The molecule has 0 saturated carbocycles. The normalized spacial score (nSPS) is 10.5. The number of aryl methyl sites for hydroxylation is 1. The van der Waals surface area contributed by atoms with Crippen LogP contribution in [0.2, 0.25) is 0 Å². The van der Waals surface area contributed by atoms with Crippen molar-refractivity contribution in [3.05, 3.63) is 87.9 Å². The molecule has 0 aliphatic heterocycles. The van der Waals surface area contributed by atoms with Gasteiger partial charge in [-0.25, -0.2) is 4.39 Å². The summed E-state index contributed by atoms with van der Waals surface area (Å²) in [5.41, 5.74) is 1.45. The number of halogens is 1. The number of amides is 1. The number of nitrogens with one attached hydrogen (secondary N) is 1. The Balaban J connectivity index is 1.72. The third kappa shape index (κ3) is 4.00. The topological polar surface area (TPSA) is 76.9 Å². The number of para-hydroxylation sites is 1. The monoisotopic (exact) mass is 352 g/mol. The molecule has 2 aromatic heterocycles. The first-order valence-electron chi connectivity index (χ1n) is 8.09. The SMILES string of the molecule is Cc1ccc(CCNC(=O)c2ccc(=O)n(-c3ccccc3F)n2)cn1. The van der Waals surface area contributed by atoms with Crippen LogP contribution in [0.4, 0.5) is 4.39 Å². The maximum Gasteiger partial charge on any atom is 0.271 e. The lowest BCUT2D eigenvalue weighted by molar-refractivity contribution is 0.0947. The molecule has 0 saturated heterocycles. The van der Waals surface area contributed by atoms with Gasteiger partial charge in [-0.05, 0) is 43.2 Å². The number of carbonyl (C=O) groups is 1. The summed E-state index contributed by atoms with van der Waals surface area (Å²) in [7, 11) is 0. The van der Waals surface area contributed by atoms with E-state index in [9.17, 15) is 14.0 Å². The highest BCUT2D eigenvalue weighted by Gasteiger charge is 2.12. The second kappa shape index (κ2) is 7.69. The Kier molecular flexibility index (Phi) is 5.17. The van der Waals surface area contributed by atoms with E-state index < -0.39 is 17.3 Å². The van der Waals surface area contributed by atoms with Crippen molar-refractivity contribution in [2.45, 2.75) is 13.3 Å². The van der Waals surface area contributed by atoms with Crippen LogP contribution in [0.25, 0.3) is 5.69 Å². The van der Waals surface area contributed by atoms with Gasteiger partial charge in [0.05, 0.1) is 0 Å². The summed E-state index contributed by atoms with van der Waals surface area (Å²) in [5, 5.41) is 6.72. The fourth-order valence-electron chi connectivity index (χ4n) is 2.39. The van der Waals surface area contributed by atoms with Crippen LogP contribution in [-0.4, -0.2) is 27.2 Å². The van der Waals surface area contributed by atoms with Crippen LogP contribution >= 0.6 is 0 Å². The third-order valence-electron chi connectivity index (χ3n) is 3.79. The van der Waals surface area contributed by atoms with Gasteiger partial charge < -0.3 is 5.32 Å². The molecule has 0 aliphatic rings. The minimum absolute atomic E-state index is 0.00196. The van der Waals surface area contributed by atoms with E-state index in [1.54, 1.807) is 12.3 Å². The van der Waals surface area contributed by atoms with Crippen molar-refractivity contribution in [2.24, 2.45) is 0 Å². The fourth-order valence-corrected chi connectivity index (χ4v) is 2.39. The molecule has 1 aromatic carbocycles. The molecule has 1 amide bonds. The van der Waals surface area contributed by atoms with Crippen molar-refractivity contribution < 1.29 is 9.18 Å². The highest BCUT2D eigenvalue weighted by atomic mass is 19.1. The van der Waals surface area contributed by atoms with Crippen LogP contribution < -0.4 is 10.9 Å². The van der Waals surface area contributed by atoms with Gasteiger partial charge in [-0.1, -0.05) is 18.2 Å². The van der Waals surface area contributed by atoms with Gasteiger partial charge in [-0.2, -0.15) is 9.78 Å². The number of aromatic nitrogens is 3. The average molecular weight is 352 g/mol. The van der Waals surface area contributed by atoms with E-state index in [2.05, 4.69) is 15.4 Å². The number of benzene rings is 1. The van der Waals surface area contributed by atoms with Crippen molar-refractivity contribution in [2.75, 3.05) is 6.54 Å². The summed E-state index contributed by atoms with van der Waals surface area (Å²) < 4.78 is 14.8. The largest absolute Gasteiger partial charge is 0.350 e. The zero-order chi connectivity index (χ0) is 18.5. The summed E-state index contributed by atoms with van der Waals surface area (Å²) in [4.78, 5) is 28.4. The first kappa shape index (κ1) is 17.5. The van der Waals surface area contributed by atoms with Crippen molar-refractivity contribution in [1.29, 1.82) is 0 Å². The van der Waals surface area contributed by atoms with Crippen molar-refractivity contribution in [1.82, 2.24) is 20.1 Å². The van der Waals surface area contributed by atoms with E-state index in [1.807, 2.05) is 19.1 Å². The Bertz CT molecular complexity index is 983. The second-order valence-electron chi connectivity index (χ2n) is 5.73. The van der Waals surface area contributed by atoms with Gasteiger partial charge in [-0.15, -0.1) is 0 Å². The molecule has 1 N–H and O–H groups in total. The van der Waals surface area contributed by atoms with Gasteiger partial charge in [-0.3, -0.25) is 14.6 Å². The molecule has 0 spiro atoms. The average Bonchev–Trinajstić information content (AvgIpc) is 2.64. The number of carbonyl (C=O) groups excluding carboxylic acids is 1. The fraction of sp³-hybridized carbons (Fsp3) is 0.158. The molecule has 26 heavy (non-hydrogen) atoms. The maximum absolute atomic E-state index is 13.9. The zero-order valence-electron chi connectivity index (χ0n) is 14.1. The van der Waals surface area contributed by atoms with Gasteiger partial charge in [0.1, 0.15) is 17.2 Å². The molecule has 0 atom stereocenters. The minimum atomic E-state index is -0.591. The molecule has 0 fully saturated rings. The number of nitrogens with zero attached hydrogens (tertiary/aromatic N) is 3. The van der Waals surface area contributed by atoms with Gasteiger partial charge >= 0.3 is 0 Å². The number of rotatable bonds is 5. The highest BCUT2D eigenvalue weighted by Crippen LogP contribution is 2.09. The summed E-state index contributed by atoms with van der Waals surface area (Å²) in [6, 6.07) is 12.1. The van der Waals surface area contributed by atoms with Crippen LogP contribution in [0, 0.1) is 12.7 Å². The molecule has 2 heterocycles. The predicted molar refractivity (Wildman–Crippen MR) is 94.8 cm³/mol. The molecular formula is C19H17FN4O2. The van der Waals surface area contributed by atoms with Crippen LogP contribution in [0.1, 0.15) is 21.7 Å². The smallest absolute Gasteiger partial charge is 0.271 e. The molecule has 7 heteroatoms. The second-order valence-corrected chi connectivity index (χ2v) is 5.73. The number of pyridine rings is 1. The van der Waals surface area contributed by atoms with E-state index in [0.29, 0.717) is 13.0 Å². The van der Waals surface area contributed by atoms with E-state index in [1.165, 1.54) is 30.3 Å². The lowest BCUT2D eigenvalue weighted by atomic mass is 10.2. The standard InChI is InChI=1S/C19H17FN4O2/c1-13-6-7-14(12-22-13)10-11-21-19(26)16-8-9-18(25)24(23-16)17-5-3-2-4-15(17)20/h2-9,12H,10-11H2,1H3,(H,21,26). The molecule has 3 aromatic rings. The minimum Gasteiger partial charge on any atom is -0.350 e. The summed E-state index contributed by atoms with van der Waals surface area (Å²) in [5.74, 6) is -1.03. The van der Waals surface area contributed by atoms with E-state index in [0.717, 1.165) is 15.9 Å². The molecule has 3 rings (SSSR count). The number of hydrogen-bond acceptors (Lipinski definition) is 4. The lowest BCUT2D eigenvalue weighted by Gasteiger charge is -2.08. The Morgan fingerprint density at radius 2 is 1.96 bits per heavy atom. The first-order chi connectivity index (χ1) is 12.5. The quantitative estimate of drug-likeness (QED) is 0.762. The Morgan fingerprint density at radius 1 is 1.15 bits per heavy atom. The van der Waals surface area contributed by atoms with Crippen LogP contribution in [0.5, 0.6) is 0 Å². The summed E-state index contributed by atoms with van der Waals surface area (Å²) in [6.07, 6.45) is 2.38. The number of hydrogen-bond donors (Lipinski definition) is 1. The maximum atomic E-state index is 13.9. The van der Waals surface area contributed by atoms with Crippen LogP contribution in [0.15, 0.2) is 59.5 Å². The Hall–Kier alpha value is -3.35. The predicted octanol–water partition coefficient (Wildman–Crippen LogP) is 2.05. The summed E-state index contributed by atoms with van der Waals surface area (Å²) >= 11 is 0. The molecule has 0 unspecified atom stereocenters. The van der Waals surface area contributed by atoms with Crippen molar-refractivity contribution in [3.8, 4) is 5.69 Å². The molecule has 0 bridgehead atoms. The molecule has 6 nitrogen and oxygen atoms in total. The van der Waals surface area contributed by atoms with Gasteiger partial charge in [0.2, 0.25) is 0 Å². The third-order valence-corrected chi connectivity index (χ3v) is 3.79. The molecule has 0 aliphatic carbocycles. The van der Waals surface area contributed by atoms with Crippen LogP contribution in [-0.2, 0) is 6.42 Å². The van der Waals surface area contributed by atoms with E-state index in [4.69, 9.17) is 0 Å². The van der Waals surface area contributed by atoms with E-state index in [-0.39, 0.29) is 11.4 Å². The Labute approximate surface area is 149 Å². The van der Waals surface area contributed by atoms with Gasteiger partial charge in [0, 0.05) is 24.5 Å².